The van der Waals surface area contributed by atoms with Gasteiger partial charge in [-0.15, -0.1) is 0 Å². The minimum atomic E-state index is -4.65. The maximum Gasteiger partial charge on any atom is 0.417 e. The van der Waals surface area contributed by atoms with Gasteiger partial charge in [0.05, 0.1) is 10.5 Å². The Balaban J connectivity index is 2.17. The molecule has 0 heterocycles. The van der Waals surface area contributed by atoms with Crippen LogP contribution in [0.1, 0.15) is 11.1 Å². The number of carbonyl (C=O) groups excluding carboxylic acids is 1. The van der Waals surface area contributed by atoms with Crippen molar-refractivity contribution in [3.05, 3.63) is 76.8 Å². The topological polar surface area (TPSA) is 87.3 Å². The van der Waals surface area contributed by atoms with Crippen LogP contribution in [-0.4, -0.2) is 28.5 Å². The number of sulfonamides is 1. The summed E-state index contributed by atoms with van der Waals surface area (Å²) >= 11 is 6.15. The standard InChI is InChI=1S/C23H21ClF3N3O3S/c1-28-22(31)30-13-14-3-10-21(23(25,26)27)20(11-14)19-12-16(24)6-9-18(19)15-4-7-17(8-5-15)34(32,33)29-2/h3-12,29H,13H2,1-2H3,(H2,28,30,31). The second-order valence-corrected chi connectivity index (χ2v) is 9.56. The van der Waals surface area contributed by atoms with Crippen LogP contribution >= 0.6 is 11.6 Å². The fourth-order valence-electron chi connectivity index (χ4n) is 3.36. The molecule has 3 aromatic carbocycles. The van der Waals surface area contributed by atoms with Gasteiger partial charge in [0.15, 0.2) is 0 Å². The van der Waals surface area contributed by atoms with Crippen LogP contribution in [0.4, 0.5) is 18.0 Å². The van der Waals surface area contributed by atoms with Crippen molar-refractivity contribution in [2.75, 3.05) is 14.1 Å². The smallest absolute Gasteiger partial charge is 0.341 e. The molecule has 3 aromatic rings. The Morgan fingerprint density at radius 2 is 1.59 bits per heavy atom. The number of nitrogens with one attached hydrogen (secondary N) is 3. The number of carbonyl (C=O) groups is 1. The molecule has 3 rings (SSSR count). The van der Waals surface area contributed by atoms with E-state index in [2.05, 4.69) is 15.4 Å². The molecule has 0 spiro atoms. The summed E-state index contributed by atoms with van der Waals surface area (Å²) in [5.74, 6) is 0. The second kappa shape index (κ2) is 10.0. The van der Waals surface area contributed by atoms with E-state index < -0.39 is 27.8 Å². The summed E-state index contributed by atoms with van der Waals surface area (Å²) in [6, 6.07) is 13.5. The largest absolute Gasteiger partial charge is 0.417 e. The van der Waals surface area contributed by atoms with Crippen molar-refractivity contribution in [1.29, 1.82) is 0 Å². The molecular weight excluding hydrogens is 491 g/mol. The number of rotatable bonds is 6. The molecule has 0 aliphatic heterocycles. The van der Waals surface area contributed by atoms with Gasteiger partial charge >= 0.3 is 12.2 Å². The predicted octanol–water partition coefficient (Wildman–Crippen LogP) is 5.03. The lowest BCUT2D eigenvalue weighted by atomic mass is 9.90. The van der Waals surface area contributed by atoms with Crippen LogP contribution in [0.25, 0.3) is 22.3 Å². The Morgan fingerprint density at radius 3 is 2.18 bits per heavy atom. The summed E-state index contributed by atoms with van der Waals surface area (Å²) in [4.78, 5) is 11.5. The Kier molecular flexibility index (Phi) is 7.54. The van der Waals surface area contributed by atoms with Crippen LogP contribution in [0.3, 0.4) is 0 Å². The first-order valence-corrected chi connectivity index (χ1v) is 11.8. The summed E-state index contributed by atoms with van der Waals surface area (Å²) < 4.78 is 68.0. The van der Waals surface area contributed by atoms with Gasteiger partial charge in [0.1, 0.15) is 0 Å². The average Bonchev–Trinajstić information content (AvgIpc) is 2.81. The van der Waals surface area contributed by atoms with E-state index >= 15 is 0 Å². The molecule has 0 radical (unpaired) electrons. The SMILES string of the molecule is CNC(=O)NCc1ccc(C(F)(F)F)c(-c2cc(Cl)ccc2-c2ccc(S(=O)(=O)NC)cc2)c1. The van der Waals surface area contributed by atoms with E-state index in [4.69, 9.17) is 11.6 Å². The first-order valence-electron chi connectivity index (χ1n) is 9.96. The van der Waals surface area contributed by atoms with E-state index in [9.17, 15) is 26.4 Å². The Hall–Kier alpha value is -3.08. The molecule has 3 N–H and O–H groups in total. The van der Waals surface area contributed by atoms with Crippen LogP contribution < -0.4 is 15.4 Å². The summed E-state index contributed by atoms with van der Waals surface area (Å²) in [5, 5.41) is 5.16. The second-order valence-electron chi connectivity index (χ2n) is 7.23. The number of urea groups is 1. The number of benzene rings is 3. The van der Waals surface area contributed by atoms with Gasteiger partial charge in [-0.25, -0.2) is 17.9 Å². The van der Waals surface area contributed by atoms with E-state index in [1.54, 1.807) is 12.1 Å². The van der Waals surface area contributed by atoms with Gasteiger partial charge in [-0.3, -0.25) is 0 Å². The van der Waals surface area contributed by atoms with Crippen molar-refractivity contribution >= 4 is 27.7 Å². The molecule has 0 aromatic heterocycles. The first-order chi connectivity index (χ1) is 16.0. The van der Waals surface area contributed by atoms with Crippen molar-refractivity contribution in [1.82, 2.24) is 15.4 Å². The third kappa shape index (κ3) is 5.69. The van der Waals surface area contributed by atoms with Crippen molar-refractivity contribution in [2.24, 2.45) is 0 Å². The fraction of sp³-hybridized carbons (Fsp3) is 0.174. The highest BCUT2D eigenvalue weighted by atomic mass is 35.5. The third-order valence-corrected chi connectivity index (χ3v) is 6.75. The summed E-state index contributed by atoms with van der Waals surface area (Å²) in [6.07, 6.45) is -4.65. The van der Waals surface area contributed by atoms with E-state index in [-0.39, 0.29) is 27.6 Å². The monoisotopic (exact) mass is 511 g/mol. The Bertz CT molecular complexity index is 1310. The lowest BCUT2D eigenvalue weighted by Crippen LogP contribution is -2.32. The van der Waals surface area contributed by atoms with Gasteiger partial charge in [-0.1, -0.05) is 35.9 Å². The molecule has 0 aliphatic rings. The number of amides is 2. The van der Waals surface area contributed by atoms with Crippen molar-refractivity contribution in [3.63, 3.8) is 0 Å². The van der Waals surface area contributed by atoms with E-state index in [0.29, 0.717) is 16.7 Å². The minimum Gasteiger partial charge on any atom is -0.341 e. The van der Waals surface area contributed by atoms with Crippen LogP contribution in [0.5, 0.6) is 0 Å². The summed E-state index contributed by atoms with van der Waals surface area (Å²) in [5.41, 5.74) is 0.615. The summed E-state index contributed by atoms with van der Waals surface area (Å²) in [7, 11) is -0.961. The molecular formula is C23H21ClF3N3O3S. The predicted molar refractivity (Wildman–Crippen MR) is 125 cm³/mol. The van der Waals surface area contributed by atoms with Gasteiger partial charge in [-0.2, -0.15) is 13.2 Å². The zero-order valence-electron chi connectivity index (χ0n) is 18.1. The molecule has 0 bridgehead atoms. The lowest BCUT2D eigenvalue weighted by molar-refractivity contribution is -0.137. The van der Waals surface area contributed by atoms with Crippen molar-refractivity contribution in [3.8, 4) is 22.3 Å². The first kappa shape index (κ1) is 25.5. The summed E-state index contributed by atoms with van der Waals surface area (Å²) in [6.45, 7) is 0.0112. The van der Waals surface area contributed by atoms with Gasteiger partial charge < -0.3 is 10.6 Å². The molecule has 180 valence electrons. The molecule has 34 heavy (non-hydrogen) atoms. The van der Waals surface area contributed by atoms with Gasteiger partial charge in [0.2, 0.25) is 10.0 Å². The highest BCUT2D eigenvalue weighted by Gasteiger charge is 2.34. The zero-order chi connectivity index (χ0) is 25.1. The lowest BCUT2D eigenvalue weighted by Gasteiger charge is -2.18. The maximum absolute atomic E-state index is 13.9. The van der Waals surface area contributed by atoms with Gasteiger partial charge in [-0.05, 0) is 71.3 Å². The Morgan fingerprint density at radius 1 is 0.912 bits per heavy atom. The molecule has 2 amide bonds. The molecule has 0 saturated carbocycles. The highest BCUT2D eigenvalue weighted by Crippen LogP contribution is 2.42. The van der Waals surface area contributed by atoms with E-state index in [0.717, 1.165) is 6.07 Å². The molecule has 11 heteroatoms. The normalized spacial score (nSPS) is 11.8. The molecule has 0 fully saturated rings. The Labute approximate surface area is 200 Å². The van der Waals surface area contributed by atoms with Crippen LogP contribution in [0.2, 0.25) is 5.02 Å². The molecule has 0 aliphatic carbocycles. The molecule has 6 nitrogen and oxygen atoms in total. The van der Waals surface area contributed by atoms with Crippen LogP contribution in [0.15, 0.2) is 65.6 Å². The minimum absolute atomic E-state index is 0.0112. The number of hydrogen-bond donors (Lipinski definition) is 3. The van der Waals surface area contributed by atoms with Crippen molar-refractivity contribution < 1.29 is 26.4 Å². The molecule has 0 saturated heterocycles. The van der Waals surface area contributed by atoms with Gasteiger partial charge in [0, 0.05) is 18.6 Å². The van der Waals surface area contributed by atoms with Gasteiger partial charge in [0.25, 0.3) is 0 Å². The fourth-order valence-corrected chi connectivity index (χ4v) is 4.27. The third-order valence-electron chi connectivity index (χ3n) is 5.09. The van der Waals surface area contributed by atoms with E-state index in [1.807, 2.05) is 0 Å². The maximum atomic E-state index is 13.9. The zero-order valence-corrected chi connectivity index (χ0v) is 19.7. The van der Waals surface area contributed by atoms with Crippen LogP contribution in [0, 0.1) is 0 Å². The average molecular weight is 512 g/mol. The highest BCUT2D eigenvalue weighted by molar-refractivity contribution is 7.89. The number of alkyl halides is 3. The molecule has 0 atom stereocenters. The van der Waals surface area contributed by atoms with Crippen molar-refractivity contribution in [2.45, 2.75) is 17.6 Å². The van der Waals surface area contributed by atoms with E-state index in [1.165, 1.54) is 56.6 Å². The van der Waals surface area contributed by atoms with Crippen LogP contribution in [-0.2, 0) is 22.7 Å². The molecule has 0 unspecified atom stereocenters. The number of halogens is 4. The number of hydrogen-bond acceptors (Lipinski definition) is 3. The quantitative estimate of drug-likeness (QED) is 0.434.